The third-order valence-corrected chi connectivity index (χ3v) is 3.53. The smallest absolute Gasteiger partial charge is 0.337 e. The molecule has 0 fully saturated rings. The lowest BCUT2D eigenvalue weighted by atomic mass is 10.1. The Kier molecular flexibility index (Phi) is 3.62. The van der Waals surface area contributed by atoms with Crippen LogP contribution in [-0.2, 0) is 6.42 Å². The minimum atomic E-state index is -1.01. The molecule has 0 atom stereocenters. The van der Waals surface area contributed by atoms with Gasteiger partial charge in [-0.3, -0.25) is 0 Å². The molecule has 0 bridgehead atoms. The van der Waals surface area contributed by atoms with Gasteiger partial charge in [0.2, 0.25) is 0 Å². The first-order chi connectivity index (χ1) is 8.97. The number of carbonyl (C=O) groups is 1. The monoisotopic (exact) mass is 278 g/mol. The molecule has 2 rings (SSSR count). The van der Waals surface area contributed by atoms with E-state index in [1.165, 1.54) is 6.07 Å². The summed E-state index contributed by atoms with van der Waals surface area (Å²) in [5.74, 6) is -1.01. The molecule has 0 aliphatic rings. The molecule has 0 saturated carbocycles. The maximum absolute atomic E-state index is 11.3. The Morgan fingerprint density at radius 2 is 2.11 bits per heavy atom. The van der Waals surface area contributed by atoms with Crippen molar-refractivity contribution < 1.29 is 9.90 Å². The van der Waals surface area contributed by atoms with E-state index in [0.29, 0.717) is 10.7 Å². The van der Waals surface area contributed by atoms with Gasteiger partial charge in [-0.1, -0.05) is 24.6 Å². The van der Waals surface area contributed by atoms with Crippen molar-refractivity contribution in [2.75, 3.05) is 0 Å². The van der Waals surface area contributed by atoms with Crippen LogP contribution < -0.4 is 0 Å². The highest BCUT2D eigenvalue weighted by atomic mass is 35.5. The van der Waals surface area contributed by atoms with Crippen molar-refractivity contribution in [2.24, 2.45) is 0 Å². The summed E-state index contributed by atoms with van der Waals surface area (Å²) < 4.78 is 1.62. The summed E-state index contributed by atoms with van der Waals surface area (Å²) in [6.07, 6.45) is 0.852. The van der Waals surface area contributed by atoms with Gasteiger partial charge in [0.25, 0.3) is 0 Å². The van der Waals surface area contributed by atoms with Crippen molar-refractivity contribution in [3.63, 3.8) is 0 Å². The summed E-state index contributed by atoms with van der Waals surface area (Å²) in [6.45, 7) is 5.89. The molecule has 100 valence electrons. The van der Waals surface area contributed by atoms with Crippen molar-refractivity contribution in [1.29, 1.82) is 0 Å². The van der Waals surface area contributed by atoms with Gasteiger partial charge in [-0.25, -0.2) is 9.48 Å². The molecular formula is C14H15ClN2O2. The van der Waals surface area contributed by atoms with Crippen molar-refractivity contribution in [3.8, 4) is 5.69 Å². The topological polar surface area (TPSA) is 55.1 Å². The summed E-state index contributed by atoms with van der Waals surface area (Å²) in [7, 11) is 0. The lowest BCUT2D eigenvalue weighted by molar-refractivity contribution is 0.0696. The molecule has 0 saturated heterocycles. The highest BCUT2D eigenvalue weighted by Crippen LogP contribution is 2.27. The zero-order chi connectivity index (χ0) is 14.2. The second-order valence-corrected chi connectivity index (χ2v) is 4.76. The molecule has 0 radical (unpaired) electrons. The summed E-state index contributed by atoms with van der Waals surface area (Å²) in [5, 5.41) is 14.1. The second-order valence-electron chi connectivity index (χ2n) is 4.36. The van der Waals surface area contributed by atoms with Gasteiger partial charge < -0.3 is 5.11 Å². The molecule has 2 aromatic rings. The van der Waals surface area contributed by atoms with Gasteiger partial charge in [0.05, 0.1) is 22.0 Å². The van der Waals surface area contributed by atoms with Crippen LogP contribution in [0.3, 0.4) is 0 Å². The van der Waals surface area contributed by atoms with E-state index in [0.717, 1.165) is 23.4 Å². The van der Waals surface area contributed by atoms with Crippen LogP contribution in [0.25, 0.3) is 5.69 Å². The van der Waals surface area contributed by atoms with E-state index in [9.17, 15) is 9.90 Å². The van der Waals surface area contributed by atoms with Crippen LogP contribution in [0.15, 0.2) is 18.2 Å². The van der Waals surface area contributed by atoms with Gasteiger partial charge >= 0.3 is 5.97 Å². The molecule has 0 aliphatic heterocycles. The third kappa shape index (κ3) is 2.24. The molecular weight excluding hydrogens is 264 g/mol. The van der Waals surface area contributed by atoms with Crippen LogP contribution in [0, 0.1) is 13.8 Å². The molecule has 0 aliphatic carbocycles. The molecule has 5 heteroatoms. The zero-order valence-electron chi connectivity index (χ0n) is 11.1. The molecule has 0 unspecified atom stereocenters. The van der Waals surface area contributed by atoms with Gasteiger partial charge in [-0.05, 0) is 38.0 Å². The van der Waals surface area contributed by atoms with Gasteiger partial charge in [0.15, 0.2) is 0 Å². The largest absolute Gasteiger partial charge is 0.478 e. The Hall–Kier alpha value is -1.81. The minimum absolute atomic E-state index is 0.153. The number of halogens is 1. The summed E-state index contributed by atoms with van der Waals surface area (Å²) in [6, 6.07) is 4.83. The molecule has 0 amide bonds. The fourth-order valence-corrected chi connectivity index (χ4v) is 2.56. The maximum Gasteiger partial charge on any atom is 0.337 e. The maximum atomic E-state index is 11.3. The number of benzene rings is 1. The Morgan fingerprint density at radius 3 is 2.63 bits per heavy atom. The summed E-state index contributed by atoms with van der Waals surface area (Å²) >= 11 is 6.16. The number of aryl methyl sites for hydroxylation is 1. The quantitative estimate of drug-likeness (QED) is 0.936. The first kappa shape index (κ1) is 13.6. The van der Waals surface area contributed by atoms with Gasteiger partial charge in [-0.2, -0.15) is 5.10 Å². The average Bonchev–Trinajstić information content (AvgIpc) is 2.63. The van der Waals surface area contributed by atoms with Crippen molar-refractivity contribution in [2.45, 2.75) is 27.2 Å². The minimum Gasteiger partial charge on any atom is -0.478 e. The predicted molar refractivity (Wildman–Crippen MR) is 74.4 cm³/mol. The van der Waals surface area contributed by atoms with E-state index >= 15 is 0 Å². The lowest BCUT2D eigenvalue weighted by Crippen LogP contribution is -2.09. The number of aromatic nitrogens is 2. The molecule has 1 N–H and O–H groups in total. The molecule has 19 heavy (non-hydrogen) atoms. The number of aromatic carboxylic acids is 1. The highest BCUT2D eigenvalue weighted by molar-refractivity contribution is 6.33. The molecule has 0 spiro atoms. The fraction of sp³-hybridized carbons (Fsp3) is 0.286. The number of nitrogens with zero attached hydrogens (tertiary/aromatic N) is 2. The average molecular weight is 279 g/mol. The number of carboxylic acid groups (broad SMARTS) is 1. The van der Waals surface area contributed by atoms with Crippen LogP contribution >= 0.6 is 11.6 Å². The molecule has 1 heterocycles. The Labute approximate surface area is 116 Å². The number of rotatable bonds is 3. The normalized spacial score (nSPS) is 10.7. The van der Waals surface area contributed by atoms with E-state index in [2.05, 4.69) is 5.10 Å². The molecule has 1 aromatic heterocycles. The molecule has 4 nitrogen and oxygen atoms in total. The number of hydrogen-bond donors (Lipinski definition) is 1. The van der Waals surface area contributed by atoms with Crippen molar-refractivity contribution in [3.05, 3.63) is 45.7 Å². The van der Waals surface area contributed by atoms with E-state index in [4.69, 9.17) is 11.6 Å². The van der Waals surface area contributed by atoms with Gasteiger partial charge in [0.1, 0.15) is 0 Å². The second kappa shape index (κ2) is 5.05. The van der Waals surface area contributed by atoms with Crippen molar-refractivity contribution >= 4 is 17.6 Å². The van der Waals surface area contributed by atoms with Gasteiger partial charge in [0, 0.05) is 5.69 Å². The number of para-hydroxylation sites is 1. The Morgan fingerprint density at radius 1 is 1.42 bits per heavy atom. The van der Waals surface area contributed by atoms with Crippen molar-refractivity contribution in [1.82, 2.24) is 9.78 Å². The first-order valence-corrected chi connectivity index (χ1v) is 6.42. The lowest BCUT2D eigenvalue weighted by Gasteiger charge is -2.10. The third-order valence-electron chi connectivity index (χ3n) is 3.22. The van der Waals surface area contributed by atoms with Crippen LogP contribution in [0.5, 0.6) is 0 Å². The fourth-order valence-electron chi connectivity index (χ4n) is 2.31. The number of hydrogen-bond acceptors (Lipinski definition) is 2. The van der Waals surface area contributed by atoms with Crippen LogP contribution in [0.4, 0.5) is 0 Å². The van der Waals surface area contributed by atoms with E-state index in [-0.39, 0.29) is 5.56 Å². The Bertz CT molecular complexity index is 647. The number of carboxylic acids is 1. The van der Waals surface area contributed by atoms with Gasteiger partial charge in [-0.15, -0.1) is 0 Å². The summed E-state index contributed by atoms with van der Waals surface area (Å²) in [5.41, 5.74) is 3.53. The van der Waals surface area contributed by atoms with Crippen LogP contribution in [-0.4, -0.2) is 20.9 Å². The first-order valence-electron chi connectivity index (χ1n) is 6.04. The molecule has 1 aromatic carbocycles. The van der Waals surface area contributed by atoms with E-state index in [1.807, 2.05) is 20.8 Å². The highest BCUT2D eigenvalue weighted by Gasteiger charge is 2.19. The SMILES string of the molecule is CCc1c(C)nn(-c2c(Cl)cccc2C(=O)O)c1C. The Balaban J connectivity index is 2.75. The summed E-state index contributed by atoms with van der Waals surface area (Å²) in [4.78, 5) is 11.3. The van der Waals surface area contributed by atoms with Crippen LogP contribution in [0.2, 0.25) is 5.02 Å². The van der Waals surface area contributed by atoms with E-state index in [1.54, 1.807) is 16.8 Å². The van der Waals surface area contributed by atoms with E-state index < -0.39 is 5.97 Å². The standard InChI is InChI=1S/C14H15ClN2O2/c1-4-10-8(2)16-17(9(10)3)13-11(14(18)19)6-5-7-12(13)15/h5-7H,4H2,1-3H3,(H,18,19). The van der Waals surface area contributed by atoms with Crippen LogP contribution in [0.1, 0.15) is 34.2 Å². The zero-order valence-corrected chi connectivity index (χ0v) is 11.8. The predicted octanol–water partition coefficient (Wildman–Crippen LogP) is 3.40.